The quantitative estimate of drug-likeness (QED) is 0.541. The van der Waals surface area contributed by atoms with Gasteiger partial charge in [-0.3, -0.25) is 0 Å². The Morgan fingerprint density at radius 1 is 1.64 bits per heavy atom. The molecule has 2 heteroatoms. The minimum Gasteiger partial charge on any atom is -0.444 e. The summed E-state index contributed by atoms with van der Waals surface area (Å²) in [7, 11) is 0. The Bertz CT molecular complexity index is 350. The highest BCUT2D eigenvalue weighted by Crippen LogP contribution is 2.08. The lowest BCUT2D eigenvalue weighted by atomic mass is 10.1. The van der Waals surface area contributed by atoms with E-state index in [1.165, 1.54) is 12.8 Å². The lowest BCUT2D eigenvalue weighted by molar-refractivity contribution is 0.519. The number of hydrogen-bond donors (Lipinski definition) is 0. The highest BCUT2D eigenvalue weighted by atomic mass is 16.3. The summed E-state index contributed by atoms with van der Waals surface area (Å²) in [6.45, 7) is 2.20. The maximum Gasteiger partial charge on any atom is 0.181 e. The average molecular weight is 149 g/mol. The Morgan fingerprint density at radius 2 is 2.55 bits per heavy atom. The molecule has 2 nitrogen and oxygen atoms in total. The summed E-state index contributed by atoms with van der Waals surface area (Å²) in [5, 5.41) is 1.01. The molecule has 1 aliphatic rings. The molecule has 1 unspecified atom stereocenters. The van der Waals surface area contributed by atoms with Gasteiger partial charge in [0, 0.05) is 0 Å². The fraction of sp³-hybridized carbons (Fsp3) is 0.444. The molecule has 0 bridgehead atoms. The first-order chi connectivity index (χ1) is 5.36. The summed E-state index contributed by atoms with van der Waals surface area (Å²) in [5.74, 6) is 0.612. The molecular weight excluding hydrogens is 138 g/mol. The lowest BCUT2D eigenvalue weighted by Crippen LogP contribution is -2.21. The van der Waals surface area contributed by atoms with Crippen molar-refractivity contribution in [2.75, 3.05) is 0 Å². The van der Waals surface area contributed by atoms with Gasteiger partial charge in [-0.05, 0) is 24.8 Å². The van der Waals surface area contributed by atoms with Crippen LogP contribution in [0.25, 0.3) is 12.2 Å². The smallest absolute Gasteiger partial charge is 0.181 e. The highest BCUT2D eigenvalue weighted by molar-refractivity contribution is 5.29. The molecule has 0 aliphatic heterocycles. The predicted molar refractivity (Wildman–Crippen MR) is 43.1 cm³/mol. The zero-order chi connectivity index (χ0) is 7.68. The van der Waals surface area contributed by atoms with Crippen molar-refractivity contribution < 1.29 is 4.42 Å². The van der Waals surface area contributed by atoms with E-state index in [2.05, 4.69) is 24.1 Å². The topological polar surface area (TPSA) is 26.0 Å². The van der Waals surface area contributed by atoms with Crippen molar-refractivity contribution in [3.8, 4) is 0 Å². The average Bonchev–Trinajstić information content (AvgIpc) is 2.31. The molecule has 0 saturated heterocycles. The molecule has 0 aromatic carbocycles. The summed E-state index contributed by atoms with van der Waals surface area (Å²) in [6.07, 6.45) is 8.10. The fourth-order valence-electron chi connectivity index (χ4n) is 1.37. The van der Waals surface area contributed by atoms with Crippen molar-refractivity contribution in [2.45, 2.75) is 19.8 Å². The van der Waals surface area contributed by atoms with Crippen LogP contribution in [0.4, 0.5) is 0 Å². The van der Waals surface area contributed by atoms with Crippen LogP contribution in [0.3, 0.4) is 0 Å². The van der Waals surface area contributed by atoms with Crippen LogP contribution >= 0.6 is 0 Å². The van der Waals surface area contributed by atoms with Crippen molar-refractivity contribution in [3.63, 3.8) is 0 Å². The molecule has 0 amide bonds. The normalized spacial score (nSPS) is 22.8. The van der Waals surface area contributed by atoms with Gasteiger partial charge in [0.05, 0.1) is 0 Å². The van der Waals surface area contributed by atoms with Crippen LogP contribution in [0.15, 0.2) is 10.8 Å². The third-order valence-corrected chi connectivity index (χ3v) is 2.02. The molecule has 11 heavy (non-hydrogen) atoms. The first-order valence-corrected chi connectivity index (χ1v) is 3.98. The molecule has 1 aliphatic carbocycles. The largest absolute Gasteiger partial charge is 0.444 e. The molecule has 1 heterocycles. The first kappa shape index (κ1) is 6.65. The molecular formula is C9H11NO. The number of aromatic nitrogens is 1. The molecule has 2 rings (SSSR count). The second-order valence-corrected chi connectivity index (χ2v) is 3.03. The summed E-state index contributed by atoms with van der Waals surface area (Å²) in [6, 6.07) is 0. The van der Waals surface area contributed by atoms with Gasteiger partial charge in [-0.1, -0.05) is 13.0 Å². The van der Waals surface area contributed by atoms with Gasteiger partial charge < -0.3 is 4.42 Å². The van der Waals surface area contributed by atoms with Gasteiger partial charge in [0.1, 0.15) is 10.8 Å². The molecule has 0 spiro atoms. The minimum absolute atomic E-state index is 0.612. The van der Waals surface area contributed by atoms with E-state index in [-0.39, 0.29) is 0 Å². The molecule has 0 saturated carbocycles. The Balaban J connectivity index is 2.65. The second kappa shape index (κ2) is 2.53. The number of rotatable bonds is 0. The molecule has 1 aromatic rings. The van der Waals surface area contributed by atoms with Gasteiger partial charge in [-0.2, -0.15) is 0 Å². The molecule has 1 atom stereocenters. The van der Waals surface area contributed by atoms with Crippen molar-refractivity contribution in [3.05, 3.63) is 17.2 Å². The zero-order valence-electron chi connectivity index (χ0n) is 6.58. The van der Waals surface area contributed by atoms with Gasteiger partial charge in [0.2, 0.25) is 0 Å². The van der Waals surface area contributed by atoms with Crippen LogP contribution in [-0.2, 0) is 0 Å². The fourth-order valence-corrected chi connectivity index (χ4v) is 1.37. The van der Waals surface area contributed by atoms with Crippen LogP contribution in [0.1, 0.15) is 19.8 Å². The monoisotopic (exact) mass is 149 g/mol. The lowest BCUT2D eigenvalue weighted by Gasteiger charge is -1.97. The number of nitrogens with zero attached hydrogens (tertiary/aromatic N) is 1. The van der Waals surface area contributed by atoms with E-state index >= 15 is 0 Å². The second-order valence-electron chi connectivity index (χ2n) is 3.03. The first-order valence-electron chi connectivity index (χ1n) is 3.98. The van der Waals surface area contributed by atoms with Crippen molar-refractivity contribution in [1.29, 1.82) is 0 Å². The van der Waals surface area contributed by atoms with Gasteiger partial charge in [0.25, 0.3) is 0 Å². The van der Waals surface area contributed by atoms with E-state index in [9.17, 15) is 0 Å². The van der Waals surface area contributed by atoms with Gasteiger partial charge >= 0.3 is 0 Å². The van der Waals surface area contributed by atoms with Crippen LogP contribution in [0, 0.1) is 5.92 Å². The van der Waals surface area contributed by atoms with E-state index < -0.39 is 0 Å². The highest BCUT2D eigenvalue weighted by Gasteiger charge is 2.02. The molecule has 0 N–H and O–H groups in total. The third kappa shape index (κ3) is 1.20. The maximum atomic E-state index is 5.21. The Labute approximate surface area is 65.2 Å². The Hall–Kier alpha value is -1.05. The van der Waals surface area contributed by atoms with Gasteiger partial charge in [0.15, 0.2) is 6.39 Å². The van der Waals surface area contributed by atoms with Crippen LogP contribution in [-0.4, -0.2) is 4.98 Å². The SMILES string of the molecule is CC1C=c2ocnc2=CCC1. The van der Waals surface area contributed by atoms with E-state index in [0.717, 1.165) is 17.2 Å². The number of fused-ring (bicyclic) bond motifs is 1. The summed E-state index contributed by atoms with van der Waals surface area (Å²) in [5.41, 5.74) is 0.940. The van der Waals surface area contributed by atoms with Crippen LogP contribution in [0.2, 0.25) is 0 Å². The number of hydrogen-bond acceptors (Lipinski definition) is 2. The van der Waals surface area contributed by atoms with E-state index in [1.54, 1.807) is 0 Å². The molecule has 0 radical (unpaired) electrons. The van der Waals surface area contributed by atoms with E-state index in [1.807, 2.05) is 0 Å². The standard InChI is InChI=1S/C9H11NO/c1-7-3-2-4-8-9(5-7)11-6-10-8/h4-7H,2-3H2,1H3. The third-order valence-electron chi connectivity index (χ3n) is 2.02. The van der Waals surface area contributed by atoms with Crippen LogP contribution in [0.5, 0.6) is 0 Å². The van der Waals surface area contributed by atoms with Crippen molar-refractivity contribution in [2.24, 2.45) is 5.92 Å². The summed E-state index contributed by atoms with van der Waals surface area (Å²) >= 11 is 0. The van der Waals surface area contributed by atoms with Gasteiger partial charge in [-0.15, -0.1) is 0 Å². The van der Waals surface area contributed by atoms with Crippen LogP contribution < -0.4 is 10.8 Å². The maximum absolute atomic E-state index is 5.21. The molecule has 0 fully saturated rings. The summed E-state index contributed by atoms with van der Waals surface area (Å²) < 4.78 is 5.21. The van der Waals surface area contributed by atoms with E-state index in [0.29, 0.717) is 5.92 Å². The molecule has 58 valence electrons. The number of oxazole rings is 1. The van der Waals surface area contributed by atoms with E-state index in [4.69, 9.17) is 4.42 Å². The van der Waals surface area contributed by atoms with Crippen molar-refractivity contribution >= 4 is 12.2 Å². The predicted octanol–water partition coefficient (Wildman–Crippen LogP) is 0.665. The summed E-state index contributed by atoms with van der Waals surface area (Å²) in [4.78, 5) is 4.10. The Kier molecular flexibility index (Phi) is 1.53. The zero-order valence-corrected chi connectivity index (χ0v) is 6.58. The molecule has 1 aromatic heterocycles. The van der Waals surface area contributed by atoms with Gasteiger partial charge in [-0.25, -0.2) is 4.98 Å². The minimum atomic E-state index is 0.612. The van der Waals surface area contributed by atoms with Crippen molar-refractivity contribution in [1.82, 2.24) is 4.98 Å². The Morgan fingerprint density at radius 3 is 3.45 bits per heavy atom.